The summed E-state index contributed by atoms with van der Waals surface area (Å²) in [5, 5.41) is 0. The average Bonchev–Trinajstić information content (AvgIpc) is 2.05. The average molecular weight is 223 g/mol. The molecule has 0 unspecified atom stereocenters. The Morgan fingerprint density at radius 1 is 1.17 bits per heavy atom. The second-order valence-corrected chi connectivity index (χ2v) is 2.25. The van der Waals surface area contributed by atoms with Crippen LogP contribution in [0.5, 0.6) is 5.75 Å². The summed E-state index contributed by atoms with van der Waals surface area (Å²) in [5.41, 5.74) is 1.17. The summed E-state index contributed by atoms with van der Waals surface area (Å²) in [6, 6.07) is 8.03. The van der Waals surface area contributed by atoms with Gasteiger partial charge in [-0.2, -0.15) is 0 Å². The first-order valence-corrected chi connectivity index (χ1v) is 3.35. The monoisotopic (exact) mass is 222 g/mol. The van der Waals surface area contributed by atoms with Gasteiger partial charge < -0.3 is 4.74 Å². The van der Waals surface area contributed by atoms with Gasteiger partial charge in [0.1, 0.15) is 12.4 Å². The minimum absolute atomic E-state index is 0. The molecule has 1 aliphatic rings. The molecule has 0 amide bonds. The van der Waals surface area contributed by atoms with E-state index in [0.717, 1.165) is 5.75 Å². The van der Waals surface area contributed by atoms with Crippen molar-refractivity contribution < 1.29 is 21.2 Å². The summed E-state index contributed by atoms with van der Waals surface area (Å²) in [4.78, 5) is 0. The van der Waals surface area contributed by atoms with Gasteiger partial charge >= 0.3 is 0 Å². The number of rotatable bonds is 0. The van der Waals surface area contributed by atoms with Crippen LogP contribution in [0.15, 0.2) is 30.3 Å². The van der Waals surface area contributed by atoms with Gasteiger partial charge in [0.2, 0.25) is 0 Å². The number of para-hydroxylation sites is 1. The molecule has 0 N–H and O–H groups in total. The van der Waals surface area contributed by atoms with Gasteiger partial charge in [0.15, 0.2) is 0 Å². The first-order chi connectivity index (χ1) is 4.97. The van der Waals surface area contributed by atoms with Crippen LogP contribution >= 0.6 is 0 Å². The predicted octanol–water partition coefficient (Wildman–Crippen LogP) is 0.638. The van der Waals surface area contributed by atoms with E-state index in [1.54, 1.807) is 0 Å². The predicted molar refractivity (Wildman–Crippen MR) is 52.3 cm³/mol. The second kappa shape index (κ2) is 5.18. The molecule has 0 fully saturated rings. The van der Waals surface area contributed by atoms with Gasteiger partial charge in [-0.15, -0.1) is 0 Å². The molecule has 2 rings (SSSR count). The van der Waals surface area contributed by atoms with Gasteiger partial charge in [-0.25, -0.2) is 0 Å². The smallest absolute Gasteiger partial charge is 0.126 e. The Hall–Kier alpha value is -0.530. The summed E-state index contributed by atoms with van der Waals surface area (Å²) in [7, 11) is 0. The fourth-order valence-corrected chi connectivity index (χ4v) is 1.06. The zero-order valence-electron chi connectivity index (χ0n) is 5.90. The molecule has 0 spiro atoms. The van der Waals surface area contributed by atoms with Gasteiger partial charge in [0, 0.05) is 22.1 Å². The summed E-state index contributed by atoms with van der Waals surface area (Å²) in [6.45, 7) is 0.705. The van der Waals surface area contributed by atoms with Gasteiger partial charge in [-0.3, -0.25) is 0 Å². The summed E-state index contributed by atoms with van der Waals surface area (Å²) in [5.74, 6) is 0.991. The summed E-state index contributed by atoms with van der Waals surface area (Å²) < 4.78 is 5.34. The van der Waals surface area contributed by atoms with Gasteiger partial charge in [0.05, 0.1) is 0 Å². The summed E-state index contributed by atoms with van der Waals surface area (Å²) in [6.07, 6.45) is 4.10. The first-order valence-electron chi connectivity index (χ1n) is 3.35. The van der Waals surface area contributed by atoms with E-state index in [0.29, 0.717) is 6.61 Å². The number of hydrogen-bond donors (Lipinski definition) is 0. The van der Waals surface area contributed by atoms with E-state index >= 15 is 0 Å². The maximum atomic E-state index is 5.34. The topological polar surface area (TPSA) is 9.23 Å². The van der Waals surface area contributed by atoms with Crippen LogP contribution in [-0.2, 0) is 16.5 Å². The molecule has 0 atom stereocenters. The van der Waals surface area contributed by atoms with Crippen molar-refractivity contribution in [3.05, 3.63) is 35.9 Å². The Morgan fingerprint density at radius 3 is 2.67 bits per heavy atom. The summed E-state index contributed by atoms with van der Waals surface area (Å²) >= 11 is 0. The Labute approximate surface area is 86.8 Å². The third kappa shape index (κ3) is 2.23. The molecule has 0 aromatic heterocycles. The minimum Gasteiger partial charge on any atom is -0.489 e. The van der Waals surface area contributed by atoms with Gasteiger partial charge in [0.25, 0.3) is 0 Å². The Bertz CT molecular complexity index is 273. The van der Waals surface area contributed by atoms with Crippen LogP contribution in [0.25, 0.3) is 6.08 Å². The van der Waals surface area contributed by atoms with E-state index in [1.807, 2.05) is 30.3 Å². The molecule has 12 heavy (non-hydrogen) atoms. The number of ether oxygens (including phenoxy) is 1. The molecule has 3 heteroatoms. The molecule has 0 bridgehead atoms. The molecule has 1 aromatic rings. The van der Waals surface area contributed by atoms with Crippen molar-refractivity contribution in [1.29, 1.82) is 0 Å². The van der Waals surface area contributed by atoms with E-state index in [1.165, 1.54) is 5.56 Å². The van der Waals surface area contributed by atoms with Crippen LogP contribution in [0.4, 0.5) is 0 Å². The van der Waals surface area contributed by atoms with Crippen molar-refractivity contribution in [3.63, 3.8) is 0 Å². The van der Waals surface area contributed by atoms with Crippen molar-refractivity contribution in [2.45, 2.75) is 0 Å². The molecular formula is C9H12NiOSi. The third-order valence-electron chi connectivity index (χ3n) is 1.55. The molecule has 0 radical (unpaired) electrons. The van der Waals surface area contributed by atoms with Crippen LogP contribution in [0.3, 0.4) is 0 Å². The SMILES string of the molecule is C1=Cc2ccccc2OC1.[Ni].[SiH4]. The minimum atomic E-state index is 0. The largest absolute Gasteiger partial charge is 0.489 e. The van der Waals surface area contributed by atoms with Crippen LogP contribution < -0.4 is 4.74 Å². The molecule has 0 saturated heterocycles. The second-order valence-electron chi connectivity index (χ2n) is 2.25. The van der Waals surface area contributed by atoms with Crippen LogP contribution in [0.2, 0.25) is 0 Å². The van der Waals surface area contributed by atoms with E-state index in [4.69, 9.17) is 4.74 Å². The normalized spacial score (nSPS) is 11.7. The maximum absolute atomic E-state index is 5.34. The maximum Gasteiger partial charge on any atom is 0.126 e. The van der Waals surface area contributed by atoms with E-state index < -0.39 is 0 Å². The molecule has 1 aliphatic heterocycles. The van der Waals surface area contributed by atoms with Gasteiger partial charge in [-0.05, 0) is 23.1 Å². The standard InChI is InChI=1S/C9H8O.Ni.H4Si/c1-2-6-9-8(4-1)5-3-7-10-9;;/h1-6H,7H2;;1H4. The molecule has 1 heterocycles. The Morgan fingerprint density at radius 2 is 1.92 bits per heavy atom. The molecule has 1 aromatic carbocycles. The van der Waals surface area contributed by atoms with Crippen LogP contribution in [0.1, 0.15) is 5.56 Å². The molecule has 1 nitrogen and oxygen atoms in total. The molecule has 0 saturated carbocycles. The third-order valence-corrected chi connectivity index (χ3v) is 1.55. The molecular weight excluding hydrogens is 211 g/mol. The van der Waals surface area contributed by atoms with E-state index in [2.05, 4.69) is 6.08 Å². The molecule has 68 valence electrons. The number of fused-ring (bicyclic) bond motifs is 1. The van der Waals surface area contributed by atoms with Crippen molar-refractivity contribution >= 4 is 17.0 Å². The zero-order chi connectivity index (χ0) is 6.81. The van der Waals surface area contributed by atoms with Crippen LogP contribution in [-0.4, -0.2) is 17.6 Å². The number of hydrogen-bond acceptors (Lipinski definition) is 1. The number of benzene rings is 1. The quantitative estimate of drug-likeness (QED) is 0.586. The fraction of sp³-hybridized carbons (Fsp3) is 0.111. The van der Waals surface area contributed by atoms with Crippen molar-refractivity contribution in [2.75, 3.05) is 6.61 Å². The first kappa shape index (κ1) is 11.5. The van der Waals surface area contributed by atoms with Crippen molar-refractivity contribution in [1.82, 2.24) is 0 Å². The van der Waals surface area contributed by atoms with Crippen molar-refractivity contribution in [3.8, 4) is 5.75 Å². The van der Waals surface area contributed by atoms with Crippen molar-refractivity contribution in [2.24, 2.45) is 0 Å². The Balaban J connectivity index is 0.000000605. The Kier molecular flexibility index (Phi) is 4.95. The zero-order valence-corrected chi connectivity index (χ0v) is 6.88. The van der Waals surface area contributed by atoms with E-state index in [9.17, 15) is 0 Å². The molecule has 0 aliphatic carbocycles. The van der Waals surface area contributed by atoms with E-state index in [-0.39, 0.29) is 27.5 Å². The van der Waals surface area contributed by atoms with Crippen LogP contribution in [0, 0.1) is 0 Å². The van der Waals surface area contributed by atoms with Gasteiger partial charge in [-0.1, -0.05) is 24.3 Å². The fourth-order valence-electron chi connectivity index (χ4n) is 1.06.